The molecule has 0 spiro atoms. The van der Waals surface area contributed by atoms with Crippen LogP contribution in [0, 0.1) is 5.92 Å². The number of pyridine rings is 1. The van der Waals surface area contributed by atoms with E-state index in [4.69, 9.17) is 9.72 Å². The minimum atomic E-state index is -0.559. The monoisotopic (exact) mass is 560 g/mol. The van der Waals surface area contributed by atoms with E-state index in [0.29, 0.717) is 47.7 Å². The van der Waals surface area contributed by atoms with Gasteiger partial charge in [0.15, 0.2) is 0 Å². The molecule has 6 rings (SSSR count). The van der Waals surface area contributed by atoms with E-state index >= 15 is 0 Å². The van der Waals surface area contributed by atoms with Crippen LogP contribution in [0.25, 0.3) is 0 Å². The zero-order valence-corrected chi connectivity index (χ0v) is 23.9. The predicted molar refractivity (Wildman–Crippen MR) is 152 cm³/mol. The lowest BCUT2D eigenvalue weighted by Crippen LogP contribution is -2.57. The Morgan fingerprint density at radius 3 is 2.32 bits per heavy atom. The molecule has 3 atom stereocenters. The fourth-order valence-electron chi connectivity index (χ4n) is 6.21. The largest absolute Gasteiger partial charge is 0.444 e. The second-order valence-electron chi connectivity index (χ2n) is 12.2. The highest BCUT2D eigenvalue weighted by Gasteiger charge is 2.45. The van der Waals surface area contributed by atoms with Crippen molar-refractivity contribution in [1.82, 2.24) is 30.1 Å². The second kappa shape index (κ2) is 10.4. The molecular formula is C29H36N8O4. The Labute approximate surface area is 239 Å². The average Bonchev–Trinajstić information content (AvgIpc) is 3.40. The van der Waals surface area contributed by atoms with E-state index in [0.717, 1.165) is 37.8 Å². The van der Waals surface area contributed by atoms with E-state index in [1.165, 1.54) is 0 Å². The third-order valence-corrected chi connectivity index (χ3v) is 8.33. The Bertz CT molecular complexity index is 1380. The number of nitrogens with one attached hydrogen (secondary N) is 2. The number of rotatable bonds is 5. The lowest BCUT2D eigenvalue weighted by atomic mass is 9.73. The van der Waals surface area contributed by atoms with Crippen LogP contribution in [0.5, 0.6) is 0 Å². The number of likely N-dealkylation sites (tertiary alicyclic amines) is 1. The Kier molecular flexibility index (Phi) is 6.87. The molecule has 0 radical (unpaired) electrons. The number of carbonyl (C=O) groups is 3. The average molecular weight is 561 g/mol. The van der Waals surface area contributed by atoms with Crippen molar-refractivity contribution < 1.29 is 19.1 Å². The molecule has 2 aromatic heterocycles. The maximum Gasteiger partial charge on any atom is 0.410 e. The van der Waals surface area contributed by atoms with Crippen molar-refractivity contribution in [2.75, 3.05) is 25.5 Å². The summed E-state index contributed by atoms with van der Waals surface area (Å²) in [6.45, 7) is 6.52. The van der Waals surface area contributed by atoms with Crippen LogP contribution < -0.4 is 10.6 Å². The molecule has 2 aromatic rings. The first-order valence-electron chi connectivity index (χ1n) is 14.3. The Morgan fingerprint density at radius 2 is 1.73 bits per heavy atom. The van der Waals surface area contributed by atoms with Gasteiger partial charge in [-0.1, -0.05) is 6.42 Å². The topological polar surface area (TPSA) is 142 Å². The fraction of sp³-hybridized carbons (Fsp3) is 0.552. The zero-order chi connectivity index (χ0) is 28.9. The number of fused-ring (bicyclic) bond motifs is 3. The smallest absolute Gasteiger partial charge is 0.410 e. The van der Waals surface area contributed by atoms with Crippen molar-refractivity contribution in [3.8, 4) is 0 Å². The first-order chi connectivity index (χ1) is 19.6. The summed E-state index contributed by atoms with van der Waals surface area (Å²) >= 11 is 0. The minimum Gasteiger partial charge on any atom is -0.444 e. The molecule has 3 amide bonds. The number of hydrogen-bond acceptors (Lipinski definition) is 9. The van der Waals surface area contributed by atoms with E-state index in [1.54, 1.807) is 31.6 Å². The van der Waals surface area contributed by atoms with Crippen LogP contribution in [0.2, 0.25) is 0 Å². The summed E-state index contributed by atoms with van der Waals surface area (Å²) in [5, 5.41) is 5.82. The maximum absolute atomic E-state index is 13.3. The van der Waals surface area contributed by atoms with Gasteiger partial charge in [0.25, 0.3) is 11.8 Å². The second-order valence-corrected chi connectivity index (χ2v) is 12.2. The third kappa shape index (κ3) is 5.22. The minimum absolute atomic E-state index is 0.0462. The lowest BCUT2D eigenvalue weighted by molar-refractivity contribution is -0.114. The Balaban J connectivity index is 1.11. The molecule has 2 bridgehead atoms. The number of carbonyl (C=O) groups excluding carboxylic acids is 3. The molecule has 2 N–H and O–H groups in total. The van der Waals surface area contributed by atoms with Gasteiger partial charge in [-0.2, -0.15) is 0 Å². The highest BCUT2D eigenvalue weighted by Crippen LogP contribution is 2.46. The third-order valence-electron chi connectivity index (χ3n) is 8.33. The summed E-state index contributed by atoms with van der Waals surface area (Å²) in [5.41, 5.74) is 1.80. The van der Waals surface area contributed by atoms with Crippen molar-refractivity contribution >= 4 is 41.1 Å². The fourth-order valence-corrected chi connectivity index (χ4v) is 6.21. The van der Waals surface area contributed by atoms with Crippen LogP contribution in [0.3, 0.4) is 0 Å². The van der Waals surface area contributed by atoms with Crippen molar-refractivity contribution in [1.29, 1.82) is 0 Å². The van der Waals surface area contributed by atoms with Crippen LogP contribution >= 0.6 is 0 Å². The number of anilines is 2. The van der Waals surface area contributed by atoms with Gasteiger partial charge in [0, 0.05) is 26.3 Å². The summed E-state index contributed by atoms with van der Waals surface area (Å²) in [7, 11) is 1.61. The number of piperazine rings is 1. The first-order valence-corrected chi connectivity index (χ1v) is 14.3. The van der Waals surface area contributed by atoms with Crippen LogP contribution in [0.15, 0.2) is 29.5 Å². The summed E-state index contributed by atoms with van der Waals surface area (Å²) < 4.78 is 5.60. The van der Waals surface area contributed by atoms with Crippen molar-refractivity contribution in [2.45, 2.75) is 76.5 Å². The predicted octanol–water partition coefficient (Wildman–Crippen LogP) is 3.55. The summed E-state index contributed by atoms with van der Waals surface area (Å²) in [6, 6.07) is 3.37. The van der Waals surface area contributed by atoms with Gasteiger partial charge in [0.05, 0.1) is 35.5 Å². The van der Waals surface area contributed by atoms with Gasteiger partial charge in [-0.25, -0.2) is 24.7 Å². The van der Waals surface area contributed by atoms with Crippen molar-refractivity contribution in [3.05, 3.63) is 35.8 Å². The highest BCUT2D eigenvalue weighted by molar-refractivity contribution is 6.42. The highest BCUT2D eigenvalue weighted by atomic mass is 16.6. The molecule has 12 heteroatoms. The normalized spacial score (nSPS) is 23.4. The standard InChI is InChI=1S/C29H36N8O4/c1-29(2,3)41-28(40)37-18-9-10-19(37)15-36(14-18)26(39)17-8-11-21(31-12-17)34-27-32-13-20-23(35-27)22(16-6-5-7-16)24(33-20)25(38)30-4/h8,11-13,16,18-19,22H,5-7,9-10,14-15H2,1-4H3,(H,30,38)(H,31,32,34,35). The van der Waals surface area contributed by atoms with Crippen LogP contribution in [0.4, 0.5) is 22.2 Å². The van der Waals surface area contributed by atoms with E-state index in [-0.39, 0.29) is 35.9 Å². The van der Waals surface area contributed by atoms with Crippen molar-refractivity contribution in [3.63, 3.8) is 0 Å². The SMILES string of the molecule is CNC(=O)C1=Nc2cnc(Nc3ccc(C(=O)N4CC5CCC(C4)N5C(=O)OC(C)(C)C)cn3)nc2C1C1CCC1. The molecule has 2 saturated heterocycles. The van der Waals surface area contributed by atoms with Gasteiger partial charge in [-0.15, -0.1) is 0 Å². The number of nitrogens with zero attached hydrogens (tertiary/aromatic N) is 6. The van der Waals surface area contributed by atoms with Gasteiger partial charge >= 0.3 is 6.09 Å². The summed E-state index contributed by atoms with van der Waals surface area (Å²) in [4.78, 5) is 60.3. The van der Waals surface area contributed by atoms with Gasteiger partial charge in [-0.3, -0.25) is 14.5 Å². The van der Waals surface area contributed by atoms with Crippen molar-refractivity contribution in [2.24, 2.45) is 10.9 Å². The van der Waals surface area contributed by atoms with Crippen LogP contribution in [-0.4, -0.2) is 86.2 Å². The molecule has 1 aliphatic carbocycles. The van der Waals surface area contributed by atoms with Crippen LogP contribution in [-0.2, 0) is 9.53 Å². The number of aromatic nitrogens is 3. The van der Waals surface area contributed by atoms with E-state index in [1.807, 2.05) is 30.6 Å². The molecule has 41 heavy (non-hydrogen) atoms. The molecule has 3 aliphatic heterocycles. The Morgan fingerprint density at radius 1 is 1.00 bits per heavy atom. The molecule has 4 aliphatic rings. The summed E-state index contributed by atoms with van der Waals surface area (Å²) in [6.07, 6.45) is 7.81. The van der Waals surface area contributed by atoms with E-state index < -0.39 is 5.60 Å². The number of aliphatic imine (C=N–C) groups is 1. The number of amides is 3. The van der Waals surface area contributed by atoms with Gasteiger partial charge in [0.2, 0.25) is 5.95 Å². The van der Waals surface area contributed by atoms with Gasteiger partial charge in [0.1, 0.15) is 22.8 Å². The maximum atomic E-state index is 13.3. The van der Waals surface area contributed by atoms with E-state index in [9.17, 15) is 14.4 Å². The molecule has 5 heterocycles. The molecule has 3 unspecified atom stereocenters. The first kappa shape index (κ1) is 27.1. The Hall–Kier alpha value is -4.09. The van der Waals surface area contributed by atoms with Gasteiger partial charge in [-0.05, 0) is 64.5 Å². The molecule has 12 nitrogen and oxygen atoms in total. The number of ether oxygens (including phenoxy) is 1. The van der Waals surface area contributed by atoms with Gasteiger partial charge < -0.3 is 20.3 Å². The zero-order valence-electron chi connectivity index (χ0n) is 23.9. The molecule has 3 fully saturated rings. The van der Waals surface area contributed by atoms with E-state index in [2.05, 4.69) is 25.6 Å². The lowest BCUT2D eigenvalue weighted by Gasteiger charge is -2.41. The number of hydrogen-bond donors (Lipinski definition) is 2. The summed E-state index contributed by atoms with van der Waals surface area (Å²) in [5.74, 6) is 0.780. The molecule has 0 aromatic carbocycles. The molecule has 1 saturated carbocycles. The van der Waals surface area contributed by atoms with Crippen LogP contribution in [0.1, 0.15) is 74.8 Å². The molecule has 216 valence electrons. The quantitative estimate of drug-likeness (QED) is 0.565. The molecular weight excluding hydrogens is 524 g/mol.